The number of nitrogens with one attached hydrogen (secondary N) is 1. The van der Waals surface area contributed by atoms with Gasteiger partial charge in [-0.1, -0.05) is 12.1 Å². The number of hydrogen-bond acceptors (Lipinski definition) is 4. The lowest BCUT2D eigenvalue weighted by atomic mass is 9.93. The van der Waals surface area contributed by atoms with Crippen molar-refractivity contribution in [1.82, 2.24) is 14.7 Å². The third kappa shape index (κ3) is 3.44. The number of amides is 2. The fraction of sp³-hybridized carbons (Fsp3) is 0.500. The number of rotatable bonds is 2. The Morgan fingerprint density at radius 2 is 2.11 bits per heavy atom. The average molecular weight is 370 g/mol. The minimum absolute atomic E-state index is 0.0186. The van der Waals surface area contributed by atoms with E-state index in [2.05, 4.69) is 10.4 Å². The van der Waals surface area contributed by atoms with Crippen LogP contribution in [0, 0.1) is 6.92 Å². The maximum atomic E-state index is 13.0. The van der Waals surface area contributed by atoms with Gasteiger partial charge >= 0.3 is 6.03 Å². The van der Waals surface area contributed by atoms with E-state index in [4.69, 9.17) is 9.47 Å². The van der Waals surface area contributed by atoms with E-state index in [0.29, 0.717) is 19.7 Å². The Labute approximate surface area is 159 Å². The van der Waals surface area contributed by atoms with Crippen molar-refractivity contribution < 1.29 is 14.3 Å². The van der Waals surface area contributed by atoms with E-state index in [0.717, 1.165) is 23.5 Å². The maximum Gasteiger partial charge on any atom is 0.322 e. The van der Waals surface area contributed by atoms with Gasteiger partial charge in [0.25, 0.3) is 0 Å². The van der Waals surface area contributed by atoms with Gasteiger partial charge in [-0.25, -0.2) is 9.48 Å². The van der Waals surface area contributed by atoms with E-state index < -0.39 is 5.60 Å². The second-order valence-corrected chi connectivity index (χ2v) is 7.49. The molecule has 1 aromatic carbocycles. The topological polar surface area (TPSA) is 68.6 Å². The number of aryl methyl sites for hydroxylation is 1. The summed E-state index contributed by atoms with van der Waals surface area (Å²) in [4.78, 5) is 14.9. The summed E-state index contributed by atoms with van der Waals surface area (Å²) in [7, 11) is 0. The van der Waals surface area contributed by atoms with E-state index in [-0.39, 0.29) is 18.2 Å². The van der Waals surface area contributed by atoms with Crippen LogP contribution in [-0.4, -0.2) is 58.2 Å². The molecule has 1 aromatic heterocycles. The van der Waals surface area contributed by atoms with Crippen molar-refractivity contribution in [2.45, 2.75) is 45.0 Å². The number of carbonyl (C=O) groups excluding carboxylic acids is 1. The number of benzene rings is 1. The molecule has 4 rings (SSSR count). The highest BCUT2D eigenvalue weighted by molar-refractivity contribution is 5.91. The second kappa shape index (κ2) is 6.98. The van der Waals surface area contributed by atoms with Gasteiger partial charge in [0.15, 0.2) is 0 Å². The number of carbonyl (C=O) groups is 1. The standard InChI is InChI=1S/C20H26N4O3/c1-14-8-10-24(22-14)18-7-5-4-6-17(18)21-19(25)23-12-15(2)27-20(13-23)9-11-26-16(20)3/h4-8,10,15-16H,9,11-13H2,1-3H3,(H,21,25). The molecule has 2 saturated heterocycles. The third-order valence-electron chi connectivity index (χ3n) is 5.41. The van der Waals surface area contributed by atoms with Gasteiger partial charge in [0.05, 0.1) is 35.8 Å². The van der Waals surface area contributed by atoms with E-state index in [1.807, 2.05) is 62.2 Å². The molecule has 7 heteroatoms. The van der Waals surface area contributed by atoms with Gasteiger partial charge in [-0.2, -0.15) is 5.10 Å². The Morgan fingerprint density at radius 3 is 2.81 bits per heavy atom. The molecule has 0 radical (unpaired) electrons. The first kappa shape index (κ1) is 18.0. The number of urea groups is 1. The molecule has 0 saturated carbocycles. The summed E-state index contributed by atoms with van der Waals surface area (Å²) in [6.45, 7) is 7.74. The predicted molar refractivity (Wildman–Crippen MR) is 102 cm³/mol. The zero-order valence-electron chi connectivity index (χ0n) is 16.0. The molecule has 144 valence electrons. The first-order valence-corrected chi connectivity index (χ1v) is 9.44. The first-order chi connectivity index (χ1) is 13.0. The van der Waals surface area contributed by atoms with Gasteiger partial charge in [0.2, 0.25) is 0 Å². The minimum atomic E-state index is -0.409. The summed E-state index contributed by atoms with van der Waals surface area (Å²) >= 11 is 0. The van der Waals surface area contributed by atoms with Crippen LogP contribution in [0.15, 0.2) is 36.5 Å². The molecular weight excluding hydrogens is 344 g/mol. The molecule has 7 nitrogen and oxygen atoms in total. The molecule has 2 aromatic rings. The number of para-hydroxylation sites is 2. The Kier molecular flexibility index (Phi) is 4.65. The third-order valence-corrected chi connectivity index (χ3v) is 5.41. The van der Waals surface area contributed by atoms with Crippen LogP contribution in [0.5, 0.6) is 0 Å². The van der Waals surface area contributed by atoms with E-state index >= 15 is 0 Å². The number of morpholine rings is 1. The minimum Gasteiger partial charge on any atom is -0.375 e. The summed E-state index contributed by atoms with van der Waals surface area (Å²) in [5, 5.41) is 7.52. The quantitative estimate of drug-likeness (QED) is 0.882. The number of aromatic nitrogens is 2. The molecule has 2 aliphatic rings. The number of hydrogen-bond donors (Lipinski definition) is 1. The van der Waals surface area contributed by atoms with Gasteiger partial charge in [0, 0.05) is 25.8 Å². The van der Waals surface area contributed by atoms with Crippen LogP contribution in [0.1, 0.15) is 26.0 Å². The molecule has 0 bridgehead atoms. The largest absolute Gasteiger partial charge is 0.375 e. The number of ether oxygens (including phenoxy) is 2. The fourth-order valence-electron chi connectivity index (χ4n) is 3.98. The summed E-state index contributed by atoms with van der Waals surface area (Å²) in [6.07, 6.45) is 2.65. The molecule has 3 heterocycles. The maximum absolute atomic E-state index is 13.0. The van der Waals surface area contributed by atoms with Crippen molar-refractivity contribution in [3.8, 4) is 5.69 Å². The van der Waals surface area contributed by atoms with Gasteiger partial charge in [-0.05, 0) is 39.0 Å². The van der Waals surface area contributed by atoms with Gasteiger partial charge < -0.3 is 19.7 Å². The summed E-state index contributed by atoms with van der Waals surface area (Å²) in [6, 6.07) is 9.49. The zero-order valence-corrected chi connectivity index (χ0v) is 16.0. The Morgan fingerprint density at radius 1 is 1.30 bits per heavy atom. The van der Waals surface area contributed by atoms with Crippen molar-refractivity contribution >= 4 is 11.7 Å². The molecular formula is C20H26N4O3. The van der Waals surface area contributed by atoms with E-state index in [1.165, 1.54) is 0 Å². The SMILES string of the molecule is Cc1ccn(-c2ccccc2NC(=O)N2CC(C)OC3(CCOC3C)C2)n1. The predicted octanol–water partition coefficient (Wildman–Crippen LogP) is 2.98. The highest BCUT2D eigenvalue weighted by Crippen LogP contribution is 2.35. The zero-order chi connectivity index (χ0) is 19.0. The number of nitrogens with zero attached hydrogens (tertiary/aromatic N) is 3. The summed E-state index contributed by atoms with van der Waals surface area (Å²) in [5.41, 5.74) is 2.09. The molecule has 2 amide bonds. The van der Waals surface area contributed by atoms with Gasteiger partial charge in [-0.15, -0.1) is 0 Å². The summed E-state index contributed by atoms with van der Waals surface area (Å²) < 4.78 is 13.7. The van der Waals surface area contributed by atoms with Crippen LogP contribution >= 0.6 is 0 Å². The second-order valence-electron chi connectivity index (χ2n) is 7.49. The lowest BCUT2D eigenvalue weighted by Gasteiger charge is -2.45. The van der Waals surface area contributed by atoms with E-state index in [9.17, 15) is 4.79 Å². The Bertz CT molecular complexity index is 836. The Hall–Kier alpha value is -2.38. The molecule has 3 unspecified atom stereocenters. The Balaban J connectivity index is 1.54. The fourth-order valence-corrected chi connectivity index (χ4v) is 3.98. The van der Waals surface area contributed by atoms with Crippen LogP contribution in [0.4, 0.5) is 10.5 Å². The monoisotopic (exact) mass is 370 g/mol. The smallest absolute Gasteiger partial charge is 0.322 e. The molecule has 0 aliphatic carbocycles. The average Bonchev–Trinajstić information content (AvgIpc) is 3.21. The van der Waals surface area contributed by atoms with Crippen LogP contribution in [0.25, 0.3) is 5.69 Å². The molecule has 1 N–H and O–H groups in total. The van der Waals surface area contributed by atoms with Crippen molar-refractivity contribution in [2.75, 3.05) is 25.0 Å². The lowest BCUT2D eigenvalue weighted by molar-refractivity contribution is -0.159. The van der Waals surface area contributed by atoms with Crippen molar-refractivity contribution in [2.24, 2.45) is 0 Å². The van der Waals surface area contributed by atoms with Crippen molar-refractivity contribution in [3.05, 3.63) is 42.2 Å². The lowest BCUT2D eigenvalue weighted by Crippen LogP contribution is -2.60. The van der Waals surface area contributed by atoms with Crippen molar-refractivity contribution in [1.29, 1.82) is 0 Å². The van der Waals surface area contributed by atoms with Gasteiger partial charge in [0.1, 0.15) is 5.60 Å². The normalized spacial score (nSPS) is 27.9. The molecule has 2 aliphatic heterocycles. The summed E-state index contributed by atoms with van der Waals surface area (Å²) in [5.74, 6) is 0. The van der Waals surface area contributed by atoms with Crippen LogP contribution in [-0.2, 0) is 9.47 Å². The molecule has 3 atom stereocenters. The number of anilines is 1. The highest BCUT2D eigenvalue weighted by atomic mass is 16.6. The van der Waals surface area contributed by atoms with Crippen LogP contribution < -0.4 is 5.32 Å². The van der Waals surface area contributed by atoms with Crippen molar-refractivity contribution in [3.63, 3.8) is 0 Å². The first-order valence-electron chi connectivity index (χ1n) is 9.44. The van der Waals surface area contributed by atoms with E-state index in [1.54, 1.807) is 4.68 Å². The van der Waals surface area contributed by atoms with Crippen LogP contribution in [0.3, 0.4) is 0 Å². The molecule has 27 heavy (non-hydrogen) atoms. The van der Waals surface area contributed by atoms with Crippen LogP contribution in [0.2, 0.25) is 0 Å². The molecule has 2 fully saturated rings. The van der Waals surface area contributed by atoms with Gasteiger partial charge in [-0.3, -0.25) is 0 Å². The molecule has 1 spiro atoms. The highest BCUT2D eigenvalue weighted by Gasteiger charge is 2.48.